The van der Waals surface area contributed by atoms with Crippen molar-refractivity contribution in [2.45, 2.75) is 42.7 Å². The molecule has 0 heterocycles. The van der Waals surface area contributed by atoms with Crippen LogP contribution >= 0.6 is 11.8 Å². The van der Waals surface area contributed by atoms with E-state index in [0.717, 1.165) is 25.0 Å². The third kappa shape index (κ3) is 4.72. The molecular weight excluding hydrogens is 320 g/mol. The molecule has 0 spiro atoms. The van der Waals surface area contributed by atoms with Gasteiger partial charge in [-0.2, -0.15) is 16.5 Å². The summed E-state index contributed by atoms with van der Waals surface area (Å²) < 4.78 is 27.3. The van der Waals surface area contributed by atoms with Crippen molar-refractivity contribution in [2.75, 3.05) is 12.0 Å². The molecule has 122 valence electrons. The zero-order chi connectivity index (χ0) is 16.0. The van der Waals surface area contributed by atoms with Gasteiger partial charge < -0.3 is 5.32 Å². The molecule has 2 N–H and O–H groups in total. The number of thioether (sulfide) groups is 1. The van der Waals surface area contributed by atoms with Crippen LogP contribution in [0.2, 0.25) is 0 Å². The number of carbonyl (C=O) groups excluding carboxylic acids is 1. The van der Waals surface area contributed by atoms with Crippen molar-refractivity contribution in [3.05, 3.63) is 30.3 Å². The van der Waals surface area contributed by atoms with Crippen molar-refractivity contribution in [3.8, 4) is 0 Å². The van der Waals surface area contributed by atoms with Gasteiger partial charge >= 0.3 is 0 Å². The van der Waals surface area contributed by atoms with E-state index in [9.17, 15) is 13.2 Å². The number of sulfonamides is 1. The van der Waals surface area contributed by atoms with Crippen LogP contribution in [0, 0.1) is 0 Å². The van der Waals surface area contributed by atoms with Crippen LogP contribution in [-0.4, -0.2) is 38.4 Å². The van der Waals surface area contributed by atoms with Gasteiger partial charge in [-0.3, -0.25) is 4.79 Å². The van der Waals surface area contributed by atoms with E-state index in [1.807, 2.05) is 6.26 Å². The Morgan fingerprint density at radius 1 is 1.32 bits per heavy atom. The van der Waals surface area contributed by atoms with Gasteiger partial charge in [0.05, 0.1) is 4.90 Å². The molecule has 1 aromatic rings. The van der Waals surface area contributed by atoms with Gasteiger partial charge in [0.15, 0.2) is 0 Å². The Bertz CT molecular complexity index is 586. The van der Waals surface area contributed by atoms with Crippen molar-refractivity contribution in [3.63, 3.8) is 0 Å². The molecule has 1 aromatic carbocycles. The normalized spacial score (nSPS) is 16.8. The predicted octanol–water partition coefficient (Wildman–Crippen LogP) is 1.76. The van der Waals surface area contributed by atoms with E-state index in [0.29, 0.717) is 6.42 Å². The summed E-state index contributed by atoms with van der Waals surface area (Å²) in [4.78, 5) is 12.5. The van der Waals surface area contributed by atoms with E-state index in [4.69, 9.17) is 0 Å². The van der Waals surface area contributed by atoms with Crippen LogP contribution in [0.3, 0.4) is 0 Å². The summed E-state index contributed by atoms with van der Waals surface area (Å²) in [7, 11) is -3.68. The number of carbonyl (C=O) groups is 1. The third-order valence-electron chi connectivity index (χ3n) is 3.73. The van der Waals surface area contributed by atoms with Crippen LogP contribution < -0.4 is 10.0 Å². The number of hydrogen-bond donors (Lipinski definition) is 2. The first-order valence-corrected chi connectivity index (χ1v) is 10.3. The number of hydrogen-bond acceptors (Lipinski definition) is 4. The maximum atomic E-state index is 12.4. The molecule has 1 atom stereocenters. The molecule has 1 fully saturated rings. The SMILES string of the molecule is CSCC[C@@H](NS(=O)(=O)c1ccccc1)C(=O)NC1CCC1. The molecule has 0 aliphatic heterocycles. The van der Waals surface area contributed by atoms with Gasteiger partial charge in [0, 0.05) is 6.04 Å². The molecular formula is C15H22N2O3S2. The second-order valence-electron chi connectivity index (χ2n) is 5.40. The highest BCUT2D eigenvalue weighted by Crippen LogP contribution is 2.18. The lowest BCUT2D eigenvalue weighted by Gasteiger charge is -2.28. The van der Waals surface area contributed by atoms with Crippen LogP contribution in [-0.2, 0) is 14.8 Å². The van der Waals surface area contributed by atoms with E-state index in [1.54, 1.807) is 30.0 Å². The van der Waals surface area contributed by atoms with Gasteiger partial charge in [-0.05, 0) is 49.8 Å². The van der Waals surface area contributed by atoms with Crippen LogP contribution in [0.15, 0.2) is 35.2 Å². The third-order valence-corrected chi connectivity index (χ3v) is 5.86. The zero-order valence-electron chi connectivity index (χ0n) is 12.6. The summed E-state index contributed by atoms with van der Waals surface area (Å²) in [5, 5.41) is 2.92. The van der Waals surface area contributed by atoms with E-state index < -0.39 is 16.1 Å². The van der Waals surface area contributed by atoms with Crippen LogP contribution in [0.4, 0.5) is 0 Å². The smallest absolute Gasteiger partial charge is 0.241 e. The predicted molar refractivity (Wildman–Crippen MR) is 89.3 cm³/mol. The van der Waals surface area contributed by atoms with Gasteiger partial charge in [-0.25, -0.2) is 8.42 Å². The summed E-state index contributed by atoms with van der Waals surface area (Å²) in [6.07, 6.45) is 5.49. The maximum absolute atomic E-state index is 12.4. The first-order chi connectivity index (χ1) is 10.5. The highest BCUT2D eigenvalue weighted by molar-refractivity contribution is 7.98. The molecule has 1 amide bonds. The minimum absolute atomic E-state index is 0.181. The summed E-state index contributed by atoms with van der Waals surface area (Å²) >= 11 is 1.59. The molecule has 22 heavy (non-hydrogen) atoms. The number of amides is 1. The van der Waals surface area contributed by atoms with E-state index in [2.05, 4.69) is 10.0 Å². The molecule has 0 aromatic heterocycles. The van der Waals surface area contributed by atoms with Crippen molar-refractivity contribution >= 4 is 27.7 Å². The van der Waals surface area contributed by atoms with Crippen LogP contribution in [0.5, 0.6) is 0 Å². The Labute approximate surface area is 136 Å². The molecule has 2 rings (SSSR count). The van der Waals surface area contributed by atoms with E-state index in [1.165, 1.54) is 12.1 Å². The quantitative estimate of drug-likeness (QED) is 0.755. The summed E-state index contributed by atoms with van der Waals surface area (Å²) in [5.74, 6) is 0.498. The van der Waals surface area contributed by atoms with Crippen LogP contribution in [0.25, 0.3) is 0 Å². The monoisotopic (exact) mass is 342 g/mol. The molecule has 1 aliphatic carbocycles. The van der Waals surface area contributed by atoms with Crippen molar-refractivity contribution in [1.82, 2.24) is 10.0 Å². The number of rotatable bonds is 8. The van der Waals surface area contributed by atoms with Gasteiger partial charge in [0.25, 0.3) is 0 Å². The minimum Gasteiger partial charge on any atom is -0.352 e. The van der Waals surface area contributed by atoms with E-state index >= 15 is 0 Å². The lowest BCUT2D eigenvalue weighted by molar-refractivity contribution is -0.124. The second kappa shape index (κ2) is 7.99. The minimum atomic E-state index is -3.68. The highest BCUT2D eigenvalue weighted by atomic mass is 32.2. The Morgan fingerprint density at radius 3 is 2.55 bits per heavy atom. The fraction of sp³-hybridized carbons (Fsp3) is 0.533. The molecule has 7 heteroatoms. The molecule has 0 saturated heterocycles. The number of benzene rings is 1. The Hall–Kier alpha value is -1.05. The topological polar surface area (TPSA) is 75.3 Å². The van der Waals surface area contributed by atoms with Crippen LogP contribution in [0.1, 0.15) is 25.7 Å². The standard InChI is InChI=1S/C15H22N2O3S2/c1-21-11-10-14(15(18)16-12-6-5-7-12)17-22(19,20)13-8-3-2-4-9-13/h2-4,8-9,12,14,17H,5-7,10-11H2,1H3,(H,16,18)/t14-/m1/s1. The Kier molecular flexibility index (Phi) is 6.28. The molecule has 1 saturated carbocycles. The molecule has 5 nitrogen and oxygen atoms in total. The van der Waals surface area contributed by atoms with Gasteiger partial charge in [-0.15, -0.1) is 0 Å². The zero-order valence-corrected chi connectivity index (χ0v) is 14.3. The average Bonchev–Trinajstić information content (AvgIpc) is 2.48. The fourth-order valence-electron chi connectivity index (χ4n) is 2.19. The van der Waals surface area contributed by atoms with E-state index in [-0.39, 0.29) is 16.8 Å². The van der Waals surface area contributed by atoms with Gasteiger partial charge in [0.2, 0.25) is 15.9 Å². The van der Waals surface area contributed by atoms with Crippen molar-refractivity contribution < 1.29 is 13.2 Å². The number of nitrogens with one attached hydrogen (secondary N) is 2. The molecule has 0 unspecified atom stereocenters. The summed E-state index contributed by atoms with van der Waals surface area (Å²) in [6, 6.07) is 7.62. The lowest BCUT2D eigenvalue weighted by atomic mass is 9.93. The largest absolute Gasteiger partial charge is 0.352 e. The van der Waals surface area contributed by atoms with Crippen molar-refractivity contribution in [1.29, 1.82) is 0 Å². The second-order valence-corrected chi connectivity index (χ2v) is 8.10. The molecule has 0 bridgehead atoms. The Morgan fingerprint density at radius 2 is 2.00 bits per heavy atom. The lowest BCUT2D eigenvalue weighted by Crippen LogP contribution is -2.51. The first kappa shape index (κ1) is 17.3. The average molecular weight is 342 g/mol. The Balaban J connectivity index is 2.06. The molecule has 0 radical (unpaired) electrons. The van der Waals surface area contributed by atoms with Gasteiger partial charge in [-0.1, -0.05) is 18.2 Å². The summed E-state index contributed by atoms with van der Waals surface area (Å²) in [5.41, 5.74) is 0. The maximum Gasteiger partial charge on any atom is 0.241 e. The molecule has 1 aliphatic rings. The highest BCUT2D eigenvalue weighted by Gasteiger charge is 2.28. The first-order valence-electron chi connectivity index (χ1n) is 7.39. The summed E-state index contributed by atoms with van der Waals surface area (Å²) in [6.45, 7) is 0. The van der Waals surface area contributed by atoms with Crippen molar-refractivity contribution in [2.24, 2.45) is 0 Å². The van der Waals surface area contributed by atoms with Gasteiger partial charge in [0.1, 0.15) is 6.04 Å². The fourth-order valence-corrected chi connectivity index (χ4v) is 3.91.